The van der Waals surface area contributed by atoms with Gasteiger partial charge in [-0.05, 0) is 29.7 Å². The fraction of sp³-hybridized carbons (Fsp3) is 0.412. The zero-order chi connectivity index (χ0) is 17.6. The van der Waals surface area contributed by atoms with Crippen molar-refractivity contribution >= 4 is 5.97 Å². The quantitative estimate of drug-likeness (QED) is 0.565. The molecule has 0 saturated carbocycles. The molecule has 7 heteroatoms. The number of hydrogen-bond donors (Lipinski definition) is 0. The molecule has 0 aliphatic carbocycles. The zero-order valence-corrected chi connectivity index (χ0v) is 13.3. The molecule has 0 N–H and O–H groups in total. The van der Waals surface area contributed by atoms with Crippen molar-refractivity contribution in [3.05, 3.63) is 53.9 Å². The monoisotopic (exact) mass is 340 g/mol. The number of alkyl halides is 3. The molecule has 0 aliphatic rings. The van der Waals surface area contributed by atoms with Gasteiger partial charge in [0.1, 0.15) is 0 Å². The van der Waals surface area contributed by atoms with Crippen molar-refractivity contribution in [1.29, 1.82) is 0 Å². The predicted molar refractivity (Wildman–Crippen MR) is 82.3 cm³/mol. The fourth-order valence-electron chi connectivity index (χ4n) is 2.27. The highest BCUT2D eigenvalue weighted by Gasteiger charge is 2.30. The summed E-state index contributed by atoms with van der Waals surface area (Å²) in [6.45, 7) is 2.74. The van der Waals surface area contributed by atoms with Gasteiger partial charge in [0.15, 0.2) is 0 Å². The predicted octanol–water partition coefficient (Wildman–Crippen LogP) is 4.03. The molecule has 0 bridgehead atoms. The number of aryl methyl sites for hydroxylation is 1. The number of aromatic nitrogens is 2. The largest absolute Gasteiger partial charge is 0.466 e. The Balaban J connectivity index is 1.74. The summed E-state index contributed by atoms with van der Waals surface area (Å²) in [7, 11) is 0. The first-order valence-corrected chi connectivity index (χ1v) is 7.66. The second kappa shape index (κ2) is 7.99. The summed E-state index contributed by atoms with van der Waals surface area (Å²) in [6, 6.07) is 6.68. The summed E-state index contributed by atoms with van der Waals surface area (Å²) in [4.78, 5) is 11.8. The van der Waals surface area contributed by atoms with Crippen LogP contribution < -0.4 is 0 Å². The molecule has 0 aliphatic heterocycles. The van der Waals surface area contributed by atoms with E-state index in [9.17, 15) is 18.0 Å². The number of nitrogens with zero attached hydrogens (tertiary/aromatic N) is 2. The molecule has 1 atom stereocenters. The number of esters is 1. The van der Waals surface area contributed by atoms with Crippen molar-refractivity contribution < 1.29 is 22.7 Å². The number of hydrogen-bond acceptors (Lipinski definition) is 3. The minimum atomic E-state index is -4.35. The van der Waals surface area contributed by atoms with Crippen LogP contribution in [0.4, 0.5) is 13.2 Å². The van der Waals surface area contributed by atoms with Crippen molar-refractivity contribution in [3.8, 4) is 0 Å². The molecule has 1 heterocycles. The van der Waals surface area contributed by atoms with E-state index < -0.39 is 11.7 Å². The van der Waals surface area contributed by atoms with Gasteiger partial charge in [-0.15, -0.1) is 0 Å². The third-order valence-electron chi connectivity index (χ3n) is 3.63. The molecule has 130 valence electrons. The van der Waals surface area contributed by atoms with Crippen LogP contribution in [-0.2, 0) is 22.3 Å². The van der Waals surface area contributed by atoms with Crippen molar-refractivity contribution in [2.75, 3.05) is 6.61 Å². The third-order valence-corrected chi connectivity index (χ3v) is 3.63. The zero-order valence-electron chi connectivity index (χ0n) is 13.3. The molecule has 4 nitrogen and oxygen atoms in total. The van der Waals surface area contributed by atoms with Gasteiger partial charge in [-0.1, -0.05) is 19.1 Å². The lowest BCUT2D eigenvalue weighted by atomic mass is 9.97. The molecule has 1 aromatic carbocycles. The van der Waals surface area contributed by atoms with Crippen molar-refractivity contribution in [3.63, 3.8) is 0 Å². The molecular formula is C17H19F3N2O2. The van der Waals surface area contributed by atoms with E-state index in [2.05, 4.69) is 5.10 Å². The summed E-state index contributed by atoms with van der Waals surface area (Å²) in [6.07, 6.45) is -0.0588. The van der Waals surface area contributed by atoms with E-state index in [0.717, 1.165) is 12.1 Å². The van der Waals surface area contributed by atoms with Gasteiger partial charge in [-0.25, -0.2) is 0 Å². The van der Waals surface area contributed by atoms with E-state index in [1.807, 2.05) is 12.3 Å². The molecule has 2 rings (SSSR count). The number of carbonyl (C=O) groups is 1. The van der Waals surface area contributed by atoms with Crippen LogP contribution in [0.3, 0.4) is 0 Å². The lowest BCUT2D eigenvalue weighted by Crippen LogP contribution is -2.11. The third kappa shape index (κ3) is 5.40. The van der Waals surface area contributed by atoms with E-state index in [0.29, 0.717) is 25.1 Å². The van der Waals surface area contributed by atoms with Gasteiger partial charge in [0.2, 0.25) is 0 Å². The molecule has 0 saturated heterocycles. The first-order valence-electron chi connectivity index (χ1n) is 7.66. The Kier molecular flexibility index (Phi) is 6.00. The maximum absolute atomic E-state index is 12.5. The lowest BCUT2D eigenvalue weighted by Gasteiger charge is -2.13. The molecule has 0 fully saturated rings. The van der Waals surface area contributed by atoms with Crippen molar-refractivity contribution in [1.82, 2.24) is 9.78 Å². The van der Waals surface area contributed by atoms with Crippen LogP contribution in [0.2, 0.25) is 0 Å². The van der Waals surface area contributed by atoms with Crippen LogP contribution in [0.15, 0.2) is 42.7 Å². The minimum Gasteiger partial charge on any atom is -0.466 e. The van der Waals surface area contributed by atoms with Crippen molar-refractivity contribution in [2.45, 2.75) is 38.4 Å². The van der Waals surface area contributed by atoms with Gasteiger partial charge in [0.05, 0.1) is 18.6 Å². The van der Waals surface area contributed by atoms with Gasteiger partial charge in [0, 0.05) is 25.4 Å². The molecule has 0 radical (unpaired) electrons. The standard InChI is InChI=1S/C17H19F3N2O2/c1-13(14-4-6-15(7-5-14)17(18,19)20)12-16(23)24-11-3-10-22-9-2-8-21-22/h2,4-9,13H,3,10-12H2,1H3. The maximum Gasteiger partial charge on any atom is 0.416 e. The number of halogens is 3. The molecule has 1 unspecified atom stereocenters. The van der Waals surface area contributed by atoms with Gasteiger partial charge in [-0.2, -0.15) is 18.3 Å². The Morgan fingerprint density at radius 1 is 1.29 bits per heavy atom. The minimum absolute atomic E-state index is 0.132. The van der Waals surface area contributed by atoms with Gasteiger partial charge in [0.25, 0.3) is 0 Å². The lowest BCUT2D eigenvalue weighted by molar-refractivity contribution is -0.144. The SMILES string of the molecule is CC(CC(=O)OCCCn1cccn1)c1ccc(C(F)(F)F)cc1. The summed E-state index contributed by atoms with van der Waals surface area (Å²) < 4.78 is 44.5. The van der Waals surface area contributed by atoms with Gasteiger partial charge < -0.3 is 4.74 Å². The molecule has 0 amide bonds. The van der Waals surface area contributed by atoms with E-state index in [1.54, 1.807) is 17.8 Å². The number of rotatable bonds is 7. The van der Waals surface area contributed by atoms with Crippen LogP contribution in [-0.4, -0.2) is 22.4 Å². The smallest absolute Gasteiger partial charge is 0.416 e. The second-order valence-electron chi connectivity index (χ2n) is 5.57. The Morgan fingerprint density at radius 3 is 2.58 bits per heavy atom. The molecule has 0 spiro atoms. The summed E-state index contributed by atoms with van der Waals surface area (Å²) >= 11 is 0. The van der Waals surface area contributed by atoms with Crippen LogP contribution in [0.1, 0.15) is 36.8 Å². The molecule has 1 aromatic heterocycles. The van der Waals surface area contributed by atoms with Gasteiger partial charge in [-0.3, -0.25) is 9.48 Å². The molecule has 2 aromatic rings. The number of ether oxygens (including phenoxy) is 1. The van der Waals surface area contributed by atoms with E-state index in [4.69, 9.17) is 4.74 Å². The first-order chi connectivity index (χ1) is 11.4. The fourth-order valence-corrected chi connectivity index (χ4v) is 2.27. The topological polar surface area (TPSA) is 44.1 Å². The summed E-state index contributed by atoms with van der Waals surface area (Å²) in [5, 5.41) is 4.04. The number of carbonyl (C=O) groups excluding carboxylic acids is 1. The van der Waals surface area contributed by atoms with Gasteiger partial charge >= 0.3 is 12.1 Å². The molecular weight excluding hydrogens is 321 g/mol. The second-order valence-corrected chi connectivity index (χ2v) is 5.57. The highest BCUT2D eigenvalue weighted by molar-refractivity contribution is 5.70. The average molecular weight is 340 g/mol. The highest BCUT2D eigenvalue weighted by atomic mass is 19.4. The van der Waals surface area contributed by atoms with Crippen LogP contribution in [0, 0.1) is 0 Å². The van der Waals surface area contributed by atoms with Crippen LogP contribution >= 0.6 is 0 Å². The average Bonchev–Trinajstić information content (AvgIpc) is 3.04. The summed E-state index contributed by atoms with van der Waals surface area (Å²) in [5.41, 5.74) is -0.0175. The van der Waals surface area contributed by atoms with Crippen LogP contribution in [0.5, 0.6) is 0 Å². The summed E-state index contributed by atoms with van der Waals surface area (Å²) in [5.74, 6) is -0.561. The van der Waals surface area contributed by atoms with E-state index in [-0.39, 0.29) is 18.3 Å². The normalized spacial score (nSPS) is 12.8. The Bertz CT molecular complexity index is 637. The van der Waals surface area contributed by atoms with E-state index >= 15 is 0 Å². The Morgan fingerprint density at radius 2 is 2.00 bits per heavy atom. The Hall–Kier alpha value is -2.31. The van der Waals surface area contributed by atoms with Crippen LogP contribution in [0.25, 0.3) is 0 Å². The molecule has 24 heavy (non-hydrogen) atoms. The van der Waals surface area contributed by atoms with E-state index in [1.165, 1.54) is 12.1 Å². The maximum atomic E-state index is 12.5. The highest BCUT2D eigenvalue weighted by Crippen LogP contribution is 2.30. The first kappa shape index (κ1) is 18.0. The van der Waals surface area contributed by atoms with Crippen molar-refractivity contribution in [2.24, 2.45) is 0 Å². The number of benzene rings is 1. The Labute approximate surface area is 138 Å².